The van der Waals surface area contributed by atoms with Crippen molar-refractivity contribution in [3.63, 3.8) is 0 Å². The van der Waals surface area contributed by atoms with Gasteiger partial charge >= 0.3 is 0 Å². The number of ether oxygens (including phenoxy) is 2. The van der Waals surface area contributed by atoms with Crippen molar-refractivity contribution in [1.82, 2.24) is 9.62 Å². The molecule has 1 aliphatic heterocycles. The summed E-state index contributed by atoms with van der Waals surface area (Å²) in [7, 11) is -3.57. The average Bonchev–Trinajstić information content (AvgIpc) is 2.74. The summed E-state index contributed by atoms with van der Waals surface area (Å²) in [6, 6.07) is 13.1. The van der Waals surface area contributed by atoms with E-state index < -0.39 is 15.9 Å². The number of carbonyl (C=O) groups is 1. The number of amides is 1. The summed E-state index contributed by atoms with van der Waals surface area (Å²) in [6.45, 7) is 5.20. The van der Waals surface area contributed by atoms with Crippen LogP contribution in [0, 0.1) is 0 Å². The number of thiocarbonyl (C=S) groups is 1. The van der Waals surface area contributed by atoms with Crippen LogP contribution >= 0.6 is 12.2 Å². The minimum absolute atomic E-state index is 0.0775. The Labute approximate surface area is 187 Å². The summed E-state index contributed by atoms with van der Waals surface area (Å²) < 4.78 is 37.7. The van der Waals surface area contributed by atoms with Crippen molar-refractivity contribution < 1.29 is 22.7 Å². The predicted molar refractivity (Wildman–Crippen MR) is 122 cm³/mol. The maximum absolute atomic E-state index is 12.7. The number of nitrogens with zero attached hydrogens (tertiary/aromatic N) is 1. The molecule has 0 saturated carbocycles. The maximum atomic E-state index is 12.7. The van der Waals surface area contributed by atoms with Crippen LogP contribution in [0.1, 0.15) is 24.2 Å². The Morgan fingerprint density at radius 3 is 2.39 bits per heavy atom. The van der Waals surface area contributed by atoms with Crippen molar-refractivity contribution in [2.75, 3.05) is 31.6 Å². The van der Waals surface area contributed by atoms with Crippen molar-refractivity contribution in [3.05, 3.63) is 54.1 Å². The predicted octanol–water partition coefficient (Wildman–Crippen LogP) is 2.62. The first-order chi connectivity index (χ1) is 14.8. The number of para-hydroxylation sites is 1. The van der Waals surface area contributed by atoms with Crippen molar-refractivity contribution in [2.45, 2.75) is 24.8 Å². The number of nitrogens with one attached hydrogen (secondary N) is 2. The molecule has 1 fully saturated rings. The van der Waals surface area contributed by atoms with E-state index in [0.29, 0.717) is 43.3 Å². The van der Waals surface area contributed by atoms with Gasteiger partial charge in [0, 0.05) is 18.8 Å². The second-order valence-electron chi connectivity index (χ2n) is 7.11. The Hall–Kier alpha value is -2.53. The molecule has 3 rings (SSSR count). The van der Waals surface area contributed by atoms with Gasteiger partial charge in [0.25, 0.3) is 5.91 Å². The first kappa shape index (κ1) is 23.1. The fraction of sp³-hybridized carbons (Fsp3) is 0.333. The molecule has 8 nitrogen and oxygen atoms in total. The summed E-state index contributed by atoms with van der Waals surface area (Å²) in [5.41, 5.74) is 0.922. The maximum Gasteiger partial charge on any atom is 0.261 e. The number of sulfonamides is 1. The van der Waals surface area contributed by atoms with Crippen LogP contribution in [0.15, 0.2) is 53.4 Å². The fourth-order valence-corrected chi connectivity index (χ4v) is 4.61. The van der Waals surface area contributed by atoms with Gasteiger partial charge in [0.1, 0.15) is 5.75 Å². The minimum Gasteiger partial charge on any atom is -0.490 e. The van der Waals surface area contributed by atoms with Crippen molar-refractivity contribution in [2.24, 2.45) is 0 Å². The van der Waals surface area contributed by atoms with E-state index in [1.165, 1.54) is 16.4 Å². The Morgan fingerprint density at radius 2 is 1.74 bits per heavy atom. The minimum atomic E-state index is -3.57. The molecule has 166 valence electrons. The molecule has 1 amide bonds. The largest absolute Gasteiger partial charge is 0.490 e. The second-order valence-corrected chi connectivity index (χ2v) is 9.46. The van der Waals surface area contributed by atoms with Crippen LogP contribution in [0.3, 0.4) is 0 Å². The molecule has 2 aromatic rings. The van der Waals surface area contributed by atoms with Gasteiger partial charge in [-0.3, -0.25) is 10.1 Å². The Bertz CT molecular complexity index is 1030. The molecule has 1 heterocycles. The van der Waals surface area contributed by atoms with E-state index >= 15 is 0 Å². The number of carbonyl (C=O) groups excluding carboxylic acids is 1. The van der Waals surface area contributed by atoms with Crippen LogP contribution in [0.5, 0.6) is 5.75 Å². The molecule has 0 spiro atoms. The van der Waals surface area contributed by atoms with Gasteiger partial charge in [-0.2, -0.15) is 4.31 Å². The summed E-state index contributed by atoms with van der Waals surface area (Å²) in [6.07, 6.45) is -0.0775. The Kier molecular flexibility index (Phi) is 7.60. The Balaban J connectivity index is 1.63. The third-order valence-electron chi connectivity index (χ3n) is 4.44. The van der Waals surface area contributed by atoms with Crippen molar-refractivity contribution >= 4 is 38.9 Å². The summed E-state index contributed by atoms with van der Waals surface area (Å²) in [5, 5.41) is 5.60. The van der Waals surface area contributed by atoms with Gasteiger partial charge in [0.2, 0.25) is 10.0 Å². The molecular formula is C21H25N3O5S2. The molecule has 1 aliphatic rings. The summed E-state index contributed by atoms with van der Waals surface area (Å²) in [5.74, 6) is 0.0655. The third kappa shape index (κ3) is 6.01. The third-order valence-corrected chi connectivity index (χ3v) is 6.56. The number of hydrogen-bond donors (Lipinski definition) is 2. The molecule has 2 aromatic carbocycles. The number of anilines is 1. The van der Waals surface area contributed by atoms with Gasteiger partial charge in [0.05, 0.1) is 29.8 Å². The molecule has 0 aliphatic carbocycles. The van der Waals surface area contributed by atoms with E-state index in [1.807, 2.05) is 13.8 Å². The molecule has 0 radical (unpaired) electrons. The lowest BCUT2D eigenvalue weighted by Crippen LogP contribution is -2.40. The number of rotatable bonds is 6. The average molecular weight is 464 g/mol. The first-order valence-electron chi connectivity index (χ1n) is 9.83. The molecule has 2 N–H and O–H groups in total. The van der Waals surface area contributed by atoms with Crippen LogP contribution in [-0.2, 0) is 14.8 Å². The first-order valence-corrected chi connectivity index (χ1v) is 11.7. The lowest BCUT2D eigenvalue weighted by atomic mass is 10.2. The fourth-order valence-electron chi connectivity index (χ4n) is 2.99. The normalized spacial score (nSPS) is 14.8. The molecule has 10 heteroatoms. The number of morpholine rings is 1. The van der Waals surface area contributed by atoms with Crippen LogP contribution in [0.25, 0.3) is 0 Å². The van der Waals surface area contributed by atoms with Crippen LogP contribution in [0.4, 0.5) is 5.69 Å². The van der Waals surface area contributed by atoms with E-state index in [2.05, 4.69) is 10.6 Å². The molecule has 31 heavy (non-hydrogen) atoms. The highest BCUT2D eigenvalue weighted by Crippen LogP contribution is 2.21. The van der Waals surface area contributed by atoms with Crippen LogP contribution in [0.2, 0.25) is 0 Å². The van der Waals surface area contributed by atoms with E-state index in [9.17, 15) is 13.2 Å². The van der Waals surface area contributed by atoms with Gasteiger partial charge in [-0.1, -0.05) is 12.1 Å². The second kappa shape index (κ2) is 10.2. The monoisotopic (exact) mass is 463 g/mol. The van der Waals surface area contributed by atoms with Gasteiger partial charge in [0.15, 0.2) is 5.11 Å². The van der Waals surface area contributed by atoms with E-state index in [4.69, 9.17) is 21.7 Å². The Morgan fingerprint density at radius 1 is 1.10 bits per heavy atom. The standard InChI is InChI=1S/C21H25N3O5S2/c1-15(2)29-19-6-4-3-5-18(19)20(25)23-21(30)22-16-7-9-17(10-8-16)31(26,27)24-11-13-28-14-12-24/h3-10,15H,11-14H2,1-2H3,(H2,22,23,25,30). The lowest BCUT2D eigenvalue weighted by molar-refractivity contribution is 0.0730. The van der Waals surface area contributed by atoms with Crippen LogP contribution < -0.4 is 15.4 Å². The molecule has 0 atom stereocenters. The zero-order valence-electron chi connectivity index (χ0n) is 17.3. The number of benzene rings is 2. The van der Waals surface area contributed by atoms with Crippen LogP contribution in [-0.4, -0.2) is 56.1 Å². The molecule has 1 saturated heterocycles. The number of hydrogen-bond acceptors (Lipinski definition) is 6. The van der Waals surface area contributed by atoms with Crippen molar-refractivity contribution in [3.8, 4) is 5.75 Å². The SMILES string of the molecule is CC(C)Oc1ccccc1C(=O)NC(=S)Nc1ccc(S(=O)(=O)N2CCOCC2)cc1. The zero-order chi connectivity index (χ0) is 22.4. The topological polar surface area (TPSA) is 97.0 Å². The quantitative estimate of drug-likeness (QED) is 0.636. The highest BCUT2D eigenvalue weighted by molar-refractivity contribution is 7.89. The van der Waals surface area contributed by atoms with E-state index in [1.54, 1.807) is 36.4 Å². The van der Waals surface area contributed by atoms with Gasteiger partial charge in [-0.15, -0.1) is 0 Å². The van der Waals surface area contributed by atoms with Gasteiger partial charge in [-0.05, 0) is 62.5 Å². The van der Waals surface area contributed by atoms with E-state index in [0.717, 1.165) is 0 Å². The van der Waals surface area contributed by atoms with E-state index in [-0.39, 0.29) is 16.1 Å². The molecule has 0 bridgehead atoms. The lowest BCUT2D eigenvalue weighted by Gasteiger charge is -2.26. The molecular weight excluding hydrogens is 438 g/mol. The summed E-state index contributed by atoms with van der Waals surface area (Å²) >= 11 is 5.23. The molecule has 0 unspecified atom stereocenters. The summed E-state index contributed by atoms with van der Waals surface area (Å²) in [4.78, 5) is 12.8. The van der Waals surface area contributed by atoms with Gasteiger partial charge in [-0.25, -0.2) is 8.42 Å². The molecule has 0 aromatic heterocycles. The highest BCUT2D eigenvalue weighted by atomic mass is 32.2. The van der Waals surface area contributed by atoms with Gasteiger partial charge < -0.3 is 14.8 Å². The smallest absolute Gasteiger partial charge is 0.261 e. The highest BCUT2D eigenvalue weighted by Gasteiger charge is 2.26. The van der Waals surface area contributed by atoms with Crippen molar-refractivity contribution in [1.29, 1.82) is 0 Å². The zero-order valence-corrected chi connectivity index (χ0v) is 19.0.